The van der Waals surface area contributed by atoms with Crippen LogP contribution in [-0.4, -0.2) is 28.6 Å². The molecule has 1 aromatic rings. The molecule has 0 amide bonds. The summed E-state index contributed by atoms with van der Waals surface area (Å²) in [5.41, 5.74) is 0. The Morgan fingerprint density at radius 2 is 1.13 bits per heavy atom. The first-order valence-electron chi connectivity index (χ1n) is 8.86. The largest absolute Gasteiger partial charge is 0.537 e. The smallest absolute Gasteiger partial charge is 0.370 e. The van der Waals surface area contributed by atoms with Gasteiger partial charge in [-0.25, -0.2) is 0 Å². The van der Waals surface area contributed by atoms with Crippen molar-refractivity contribution in [3.05, 3.63) is 27.8 Å². The van der Waals surface area contributed by atoms with Crippen LogP contribution in [0.3, 0.4) is 0 Å². The molecule has 3 nitrogen and oxygen atoms in total. The average Bonchev–Trinajstić information content (AvgIpc) is 2.56. The minimum atomic E-state index is -2.81. The lowest BCUT2D eigenvalue weighted by molar-refractivity contribution is 0.0700. The standard InChI is InChI=1S/C18H31IO3Si/c1-4-7-14-20-23(21-15-8-5-2,22-16-9-6-3)18-12-10-17(19)11-13-18/h10-13H,4-9,14-16H2,1-3H3. The van der Waals surface area contributed by atoms with Crippen molar-refractivity contribution in [2.75, 3.05) is 19.8 Å². The second-order valence-corrected chi connectivity index (χ2v) is 9.47. The van der Waals surface area contributed by atoms with Gasteiger partial charge in [-0.2, -0.15) is 0 Å². The Hall–Kier alpha value is 0.0469. The van der Waals surface area contributed by atoms with Crippen LogP contribution in [0.4, 0.5) is 0 Å². The Labute approximate surface area is 156 Å². The van der Waals surface area contributed by atoms with Crippen LogP contribution in [-0.2, 0) is 13.3 Å². The molecular weight excluding hydrogens is 419 g/mol. The second-order valence-electron chi connectivity index (χ2n) is 5.67. The predicted octanol–water partition coefficient (Wildman–Crippen LogP) is 4.89. The molecule has 0 saturated carbocycles. The van der Waals surface area contributed by atoms with E-state index in [9.17, 15) is 0 Å². The first-order valence-corrected chi connectivity index (χ1v) is 11.7. The highest BCUT2D eigenvalue weighted by Gasteiger charge is 2.43. The maximum Gasteiger partial charge on any atom is 0.537 e. The van der Waals surface area contributed by atoms with Gasteiger partial charge in [0.25, 0.3) is 0 Å². The van der Waals surface area contributed by atoms with E-state index in [1.807, 2.05) is 0 Å². The van der Waals surface area contributed by atoms with Gasteiger partial charge < -0.3 is 13.3 Å². The highest BCUT2D eigenvalue weighted by Crippen LogP contribution is 2.15. The van der Waals surface area contributed by atoms with Gasteiger partial charge in [-0.1, -0.05) is 52.2 Å². The Morgan fingerprint density at radius 3 is 1.48 bits per heavy atom. The van der Waals surface area contributed by atoms with E-state index in [0.717, 1.165) is 43.7 Å². The molecule has 0 heterocycles. The van der Waals surface area contributed by atoms with Crippen molar-refractivity contribution in [1.29, 1.82) is 0 Å². The Balaban J connectivity index is 2.95. The molecule has 0 unspecified atom stereocenters. The third-order valence-corrected chi connectivity index (χ3v) is 7.08. The molecule has 23 heavy (non-hydrogen) atoms. The monoisotopic (exact) mass is 450 g/mol. The van der Waals surface area contributed by atoms with E-state index in [0.29, 0.717) is 19.8 Å². The fourth-order valence-corrected chi connectivity index (χ4v) is 5.01. The molecule has 0 aromatic heterocycles. The topological polar surface area (TPSA) is 27.7 Å². The highest BCUT2D eigenvalue weighted by atomic mass is 127. The molecule has 0 fully saturated rings. The molecule has 0 aliphatic rings. The number of hydrogen-bond acceptors (Lipinski definition) is 3. The van der Waals surface area contributed by atoms with E-state index in [4.69, 9.17) is 13.3 Å². The molecule has 0 atom stereocenters. The van der Waals surface area contributed by atoms with Gasteiger partial charge in [0, 0.05) is 28.6 Å². The quantitative estimate of drug-likeness (QED) is 0.243. The summed E-state index contributed by atoms with van der Waals surface area (Å²) in [4.78, 5) is 0. The van der Waals surface area contributed by atoms with Crippen molar-refractivity contribution in [2.24, 2.45) is 0 Å². The minimum Gasteiger partial charge on any atom is -0.370 e. The maximum absolute atomic E-state index is 6.28. The third-order valence-electron chi connectivity index (χ3n) is 3.57. The summed E-state index contributed by atoms with van der Waals surface area (Å²) < 4.78 is 20.1. The lowest BCUT2D eigenvalue weighted by Gasteiger charge is -2.30. The maximum atomic E-state index is 6.28. The van der Waals surface area contributed by atoms with Crippen molar-refractivity contribution < 1.29 is 13.3 Å². The first-order chi connectivity index (χ1) is 11.2. The van der Waals surface area contributed by atoms with Crippen LogP contribution >= 0.6 is 22.6 Å². The molecule has 0 N–H and O–H groups in total. The van der Waals surface area contributed by atoms with Gasteiger partial charge in [0.2, 0.25) is 0 Å². The molecule has 1 aromatic carbocycles. The van der Waals surface area contributed by atoms with Crippen LogP contribution in [0.2, 0.25) is 0 Å². The van der Waals surface area contributed by atoms with E-state index in [-0.39, 0.29) is 0 Å². The minimum absolute atomic E-state index is 0.701. The van der Waals surface area contributed by atoms with Crippen molar-refractivity contribution in [3.63, 3.8) is 0 Å². The highest BCUT2D eigenvalue weighted by molar-refractivity contribution is 14.1. The lowest BCUT2D eigenvalue weighted by atomic mass is 10.4. The molecule has 0 radical (unpaired) electrons. The molecule has 0 spiro atoms. The first kappa shape index (κ1) is 21.1. The molecular formula is C18H31IO3Si. The number of rotatable bonds is 13. The number of hydrogen-bond donors (Lipinski definition) is 0. The summed E-state index contributed by atoms with van der Waals surface area (Å²) in [6.45, 7) is 8.63. The van der Waals surface area contributed by atoms with Gasteiger partial charge in [0.15, 0.2) is 0 Å². The van der Waals surface area contributed by atoms with Crippen molar-refractivity contribution in [1.82, 2.24) is 0 Å². The fraction of sp³-hybridized carbons (Fsp3) is 0.667. The van der Waals surface area contributed by atoms with Crippen molar-refractivity contribution in [2.45, 2.75) is 59.3 Å². The average molecular weight is 450 g/mol. The summed E-state index contributed by atoms with van der Waals surface area (Å²) in [6.07, 6.45) is 6.44. The van der Waals surface area contributed by atoms with Gasteiger partial charge in [-0.3, -0.25) is 0 Å². The molecule has 132 valence electrons. The zero-order valence-electron chi connectivity index (χ0n) is 14.8. The molecule has 5 heteroatoms. The third kappa shape index (κ3) is 7.64. The van der Waals surface area contributed by atoms with Gasteiger partial charge in [-0.05, 0) is 54.0 Å². The predicted molar refractivity (Wildman–Crippen MR) is 107 cm³/mol. The SMILES string of the molecule is CCCCO[Si](OCCCC)(OCCCC)c1ccc(I)cc1. The van der Waals surface area contributed by atoms with Gasteiger partial charge in [0.1, 0.15) is 0 Å². The van der Waals surface area contributed by atoms with E-state index >= 15 is 0 Å². The van der Waals surface area contributed by atoms with Crippen LogP contribution in [0.15, 0.2) is 24.3 Å². The van der Waals surface area contributed by atoms with Crippen molar-refractivity contribution >= 4 is 36.6 Å². The molecule has 1 rings (SSSR count). The fourth-order valence-electron chi connectivity index (χ4n) is 2.08. The molecule has 0 saturated heterocycles. The summed E-state index contributed by atoms with van der Waals surface area (Å²) in [7, 11) is -2.81. The van der Waals surface area contributed by atoms with Gasteiger partial charge in [-0.15, -0.1) is 0 Å². The van der Waals surface area contributed by atoms with Gasteiger partial charge in [0.05, 0.1) is 0 Å². The number of benzene rings is 1. The van der Waals surface area contributed by atoms with Crippen LogP contribution in [0.1, 0.15) is 59.3 Å². The van der Waals surface area contributed by atoms with Crippen LogP contribution in [0, 0.1) is 3.57 Å². The van der Waals surface area contributed by atoms with Crippen LogP contribution in [0.5, 0.6) is 0 Å². The molecule has 0 bridgehead atoms. The van der Waals surface area contributed by atoms with E-state index < -0.39 is 8.80 Å². The molecule has 0 aliphatic carbocycles. The van der Waals surface area contributed by atoms with Crippen LogP contribution < -0.4 is 5.19 Å². The zero-order valence-corrected chi connectivity index (χ0v) is 17.9. The lowest BCUT2D eigenvalue weighted by Crippen LogP contribution is -2.57. The van der Waals surface area contributed by atoms with E-state index in [1.165, 1.54) is 3.57 Å². The second kappa shape index (κ2) is 12.4. The Morgan fingerprint density at radius 1 is 0.739 bits per heavy atom. The Bertz CT molecular complexity index is 385. The summed E-state index contributed by atoms with van der Waals surface area (Å²) in [6, 6.07) is 8.43. The summed E-state index contributed by atoms with van der Waals surface area (Å²) >= 11 is 2.32. The Kier molecular flexibility index (Phi) is 11.4. The van der Waals surface area contributed by atoms with Crippen LogP contribution in [0.25, 0.3) is 0 Å². The summed E-state index contributed by atoms with van der Waals surface area (Å²) in [5, 5.41) is 1.08. The number of halogens is 1. The number of unbranched alkanes of at least 4 members (excludes halogenated alkanes) is 3. The van der Waals surface area contributed by atoms with Gasteiger partial charge >= 0.3 is 8.80 Å². The molecule has 0 aliphatic heterocycles. The van der Waals surface area contributed by atoms with E-state index in [1.54, 1.807) is 0 Å². The van der Waals surface area contributed by atoms with Crippen molar-refractivity contribution in [3.8, 4) is 0 Å². The summed E-state index contributed by atoms with van der Waals surface area (Å²) in [5.74, 6) is 0. The zero-order chi connectivity index (χ0) is 17.0. The normalized spacial score (nSPS) is 11.8. The van der Waals surface area contributed by atoms with E-state index in [2.05, 4.69) is 67.6 Å².